The topological polar surface area (TPSA) is 67.6 Å². The summed E-state index contributed by atoms with van der Waals surface area (Å²) in [5, 5.41) is 3.02. The molecule has 0 aromatic heterocycles. The van der Waals surface area contributed by atoms with Crippen molar-refractivity contribution in [2.45, 2.75) is 44.7 Å². The molecule has 1 aliphatic rings. The summed E-state index contributed by atoms with van der Waals surface area (Å²) in [5.41, 5.74) is 4.83. The molecular formula is C13H27N3O2. The minimum atomic E-state index is -0.589. The van der Waals surface area contributed by atoms with Gasteiger partial charge in [0.05, 0.1) is 18.8 Å². The average Bonchev–Trinajstić information content (AvgIpc) is 2.38. The molecule has 0 spiro atoms. The predicted molar refractivity (Wildman–Crippen MR) is 72.4 cm³/mol. The maximum Gasteiger partial charge on any atom is 0.237 e. The summed E-state index contributed by atoms with van der Waals surface area (Å²) in [4.78, 5) is 13.8. The lowest BCUT2D eigenvalue weighted by Gasteiger charge is -2.36. The summed E-state index contributed by atoms with van der Waals surface area (Å²) >= 11 is 0. The van der Waals surface area contributed by atoms with Gasteiger partial charge in [-0.15, -0.1) is 0 Å². The van der Waals surface area contributed by atoms with Crippen molar-refractivity contribution >= 4 is 5.91 Å². The summed E-state index contributed by atoms with van der Waals surface area (Å²) in [6, 6.07) is 0.521. The lowest BCUT2D eigenvalue weighted by atomic mass is 9.95. The number of hydrogen-bond acceptors (Lipinski definition) is 4. The van der Waals surface area contributed by atoms with Crippen LogP contribution >= 0.6 is 0 Å². The molecule has 0 radical (unpaired) electrons. The van der Waals surface area contributed by atoms with E-state index in [1.54, 1.807) is 7.05 Å². The quantitative estimate of drug-likeness (QED) is 0.690. The Hall–Kier alpha value is -0.650. The van der Waals surface area contributed by atoms with Crippen LogP contribution in [0.2, 0.25) is 0 Å². The molecule has 2 atom stereocenters. The van der Waals surface area contributed by atoms with Gasteiger partial charge in [0.2, 0.25) is 5.91 Å². The molecule has 0 saturated carbocycles. The Morgan fingerprint density at radius 3 is 2.89 bits per heavy atom. The lowest BCUT2D eigenvalue weighted by Crippen LogP contribution is -2.52. The van der Waals surface area contributed by atoms with E-state index in [2.05, 4.69) is 17.1 Å². The summed E-state index contributed by atoms with van der Waals surface area (Å²) in [5.74, 6) is -0.279. The predicted octanol–water partition coefficient (Wildman–Crippen LogP) is 0.341. The second-order valence-corrected chi connectivity index (χ2v) is 5.22. The lowest BCUT2D eigenvalue weighted by molar-refractivity contribution is -0.124. The SMILES string of the molecule is CCC1COCCN1CCCC(C)(NC)C(N)=O. The molecular weight excluding hydrogens is 230 g/mol. The molecule has 0 aromatic carbocycles. The maximum absolute atomic E-state index is 11.4. The first-order valence-corrected chi connectivity index (χ1v) is 6.84. The highest BCUT2D eigenvalue weighted by molar-refractivity contribution is 5.84. The first kappa shape index (κ1) is 15.4. The summed E-state index contributed by atoms with van der Waals surface area (Å²) in [6.45, 7) is 7.70. The number of carbonyl (C=O) groups excluding carboxylic acids is 1. The normalized spacial score (nSPS) is 24.7. The second-order valence-electron chi connectivity index (χ2n) is 5.22. The van der Waals surface area contributed by atoms with E-state index in [4.69, 9.17) is 10.5 Å². The number of primary amides is 1. The van der Waals surface area contributed by atoms with Crippen LogP contribution in [-0.4, -0.2) is 55.7 Å². The van der Waals surface area contributed by atoms with Crippen molar-refractivity contribution < 1.29 is 9.53 Å². The largest absolute Gasteiger partial charge is 0.378 e. The van der Waals surface area contributed by atoms with E-state index in [9.17, 15) is 4.79 Å². The molecule has 3 N–H and O–H groups in total. The second kappa shape index (κ2) is 7.07. The molecule has 1 saturated heterocycles. The van der Waals surface area contributed by atoms with Crippen LogP contribution in [-0.2, 0) is 9.53 Å². The number of nitrogens with one attached hydrogen (secondary N) is 1. The number of nitrogens with two attached hydrogens (primary N) is 1. The molecule has 1 heterocycles. The van der Waals surface area contributed by atoms with Crippen molar-refractivity contribution in [3.05, 3.63) is 0 Å². The third-order valence-corrected chi connectivity index (χ3v) is 4.04. The highest BCUT2D eigenvalue weighted by Gasteiger charge is 2.29. The van der Waals surface area contributed by atoms with Crippen LogP contribution in [0.15, 0.2) is 0 Å². The minimum absolute atomic E-state index is 0.279. The van der Waals surface area contributed by atoms with Gasteiger partial charge in [-0.05, 0) is 39.8 Å². The zero-order valence-electron chi connectivity index (χ0n) is 11.9. The highest BCUT2D eigenvalue weighted by Crippen LogP contribution is 2.15. The van der Waals surface area contributed by atoms with Crippen LogP contribution in [0.25, 0.3) is 0 Å². The minimum Gasteiger partial charge on any atom is -0.378 e. The summed E-state index contributed by atoms with van der Waals surface area (Å²) in [7, 11) is 1.79. The smallest absolute Gasteiger partial charge is 0.237 e. The number of likely N-dealkylation sites (N-methyl/N-ethyl adjacent to an activating group) is 1. The van der Waals surface area contributed by atoms with Crippen LogP contribution in [0, 0.1) is 0 Å². The van der Waals surface area contributed by atoms with Gasteiger partial charge in [0.15, 0.2) is 0 Å². The first-order chi connectivity index (χ1) is 8.53. The summed E-state index contributed by atoms with van der Waals surface area (Å²) < 4.78 is 5.48. The van der Waals surface area contributed by atoms with E-state index in [0.717, 1.165) is 45.6 Å². The van der Waals surface area contributed by atoms with E-state index in [0.29, 0.717) is 6.04 Å². The van der Waals surface area contributed by atoms with Crippen LogP contribution in [0.3, 0.4) is 0 Å². The molecule has 1 rings (SSSR count). The fourth-order valence-electron chi connectivity index (χ4n) is 2.37. The van der Waals surface area contributed by atoms with Gasteiger partial charge >= 0.3 is 0 Å². The van der Waals surface area contributed by atoms with Crippen LogP contribution in [0.1, 0.15) is 33.1 Å². The van der Waals surface area contributed by atoms with E-state index in [-0.39, 0.29) is 5.91 Å². The fraction of sp³-hybridized carbons (Fsp3) is 0.923. The Morgan fingerprint density at radius 1 is 1.61 bits per heavy atom. The molecule has 5 heteroatoms. The van der Waals surface area contributed by atoms with E-state index in [1.165, 1.54) is 0 Å². The number of ether oxygens (including phenoxy) is 1. The Bertz CT molecular complexity index is 273. The third-order valence-electron chi connectivity index (χ3n) is 4.04. The molecule has 1 aliphatic heterocycles. The van der Waals surface area contributed by atoms with Gasteiger partial charge in [-0.2, -0.15) is 0 Å². The van der Waals surface area contributed by atoms with E-state index >= 15 is 0 Å². The van der Waals surface area contributed by atoms with E-state index < -0.39 is 5.54 Å². The van der Waals surface area contributed by atoms with Crippen LogP contribution < -0.4 is 11.1 Å². The Balaban J connectivity index is 2.38. The van der Waals surface area contributed by atoms with Crippen molar-refractivity contribution in [2.24, 2.45) is 5.73 Å². The standard InChI is InChI=1S/C13H27N3O2/c1-4-11-10-18-9-8-16(11)7-5-6-13(2,15-3)12(14)17/h11,15H,4-10H2,1-3H3,(H2,14,17). The average molecular weight is 257 g/mol. The molecule has 0 aromatic rings. The van der Waals surface area contributed by atoms with Crippen molar-refractivity contribution in [2.75, 3.05) is 33.4 Å². The van der Waals surface area contributed by atoms with E-state index in [1.807, 2.05) is 6.92 Å². The molecule has 5 nitrogen and oxygen atoms in total. The Labute approximate surface area is 110 Å². The van der Waals surface area contributed by atoms with Gasteiger partial charge in [-0.3, -0.25) is 9.69 Å². The number of hydrogen-bond donors (Lipinski definition) is 2. The first-order valence-electron chi connectivity index (χ1n) is 6.84. The highest BCUT2D eigenvalue weighted by atomic mass is 16.5. The zero-order valence-corrected chi connectivity index (χ0v) is 11.9. The molecule has 1 fully saturated rings. The number of rotatable bonds is 7. The zero-order chi connectivity index (χ0) is 13.6. The molecule has 2 unspecified atom stereocenters. The molecule has 0 aliphatic carbocycles. The maximum atomic E-state index is 11.4. The van der Waals surface area contributed by atoms with Gasteiger partial charge < -0.3 is 15.8 Å². The molecule has 18 heavy (non-hydrogen) atoms. The van der Waals surface area contributed by atoms with Gasteiger partial charge in [0.25, 0.3) is 0 Å². The summed E-state index contributed by atoms with van der Waals surface area (Å²) in [6.07, 6.45) is 2.85. The monoisotopic (exact) mass is 257 g/mol. The molecule has 106 valence electrons. The van der Waals surface area contributed by atoms with Crippen molar-refractivity contribution in [3.8, 4) is 0 Å². The van der Waals surface area contributed by atoms with Gasteiger partial charge in [0.1, 0.15) is 0 Å². The number of morpholine rings is 1. The Morgan fingerprint density at radius 2 is 2.33 bits per heavy atom. The van der Waals surface area contributed by atoms with Crippen LogP contribution in [0.5, 0.6) is 0 Å². The van der Waals surface area contributed by atoms with Crippen molar-refractivity contribution in [3.63, 3.8) is 0 Å². The van der Waals surface area contributed by atoms with Gasteiger partial charge in [-0.1, -0.05) is 6.92 Å². The van der Waals surface area contributed by atoms with Gasteiger partial charge in [-0.25, -0.2) is 0 Å². The number of nitrogens with zero attached hydrogens (tertiary/aromatic N) is 1. The number of carbonyl (C=O) groups is 1. The van der Waals surface area contributed by atoms with Gasteiger partial charge in [0, 0.05) is 12.6 Å². The molecule has 1 amide bonds. The fourth-order valence-corrected chi connectivity index (χ4v) is 2.37. The van der Waals surface area contributed by atoms with Crippen LogP contribution in [0.4, 0.5) is 0 Å². The number of amides is 1. The third kappa shape index (κ3) is 3.93. The van der Waals surface area contributed by atoms with Crippen molar-refractivity contribution in [1.29, 1.82) is 0 Å². The Kier molecular flexibility index (Phi) is 6.05. The molecule has 0 bridgehead atoms. The van der Waals surface area contributed by atoms with Crippen molar-refractivity contribution in [1.82, 2.24) is 10.2 Å².